The van der Waals surface area contributed by atoms with Gasteiger partial charge < -0.3 is 15.0 Å². The molecule has 3 aromatic rings. The van der Waals surface area contributed by atoms with E-state index in [0.717, 1.165) is 5.69 Å². The summed E-state index contributed by atoms with van der Waals surface area (Å²) in [7, 11) is -3.88. The number of hydrogen-bond acceptors (Lipinski definition) is 5. The highest BCUT2D eigenvalue weighted by Gasteiger charge is 2.70. The lowest BCUT2D eigenvalue weighted by Gasteiger charge is -2.35. The van der Waals surface area contributed by atoms with Crippen LogP contribution in [0, 0.1) is 5.41 Å². The maximum Gasteiger partial charge on any atom is 0.278 e. The summed E-state index contributed by atoms with van der Waals surface area (Å²) in [6.45, 7) is 4.83. The number of aliphatic hydroxyl groups excluding tert-OH is 1. The molecule has 3 fully saturated rings. The van der Waals surface area contributed by atoms with Gasteiger partial charge >= 0.3 is 0 Å². The van der Waals surface area contributed by atoms with E-state index in [0.29, 0.717) is 54.4 Å². The van der Waals surface area contributed by atoms with Gasteiger partial charge in [-0.1, -0.05) is 6.58 Å². The molecule has 1 spiro atoms. The number of fused-ring (bicyclic) bond motifs is 1. The van der Waals surface area contributed by atoms with E-state index in [1.807, 2.05) is 4.90 Å². The molecule has 1 aromatic carbocycles. The summed E-state index contributed by atoms with van der Waals surface area (Å²) >= 11 is 0. The van der Waals surface area contributed by atoms with Gasteiger partial charge in [0.05, 0.1) is 11.0 Å². The molecule has 2 N–H and O–H groups in total. The number of nitrogens with one attached hydrogen (secondary N) is 1. The summed E-state index contributed by atoms with van der Waals surface area (Å²) in [6, 6.07) is 6.61. The Morgan fingerprint density at radius 1 is 1.14 bits per heavy atom. The van der Waals surface area contributed by atoms with Gasteiger partial charge in [-0.3, -0.25) is 9.36 Å². The molecule has 0 unspecified atom stereocenters. The highest BCUT2D eigenvalue weighted by molar-refractivity contribution is 7.89. The van der Waals surface area contributed by atoms with Gasteiger partial charge in [0.2, 0.25) is 10.0 Å². The van der Waals surface area contributed by atoms with E-state index in [4.69, 9.17) is 0 Å². The number of sulfonamides is 1. The van der Waals surface area contributed by atoms with E-state index >= 15 is 0 Å². The molecule has 3 aliphatic rings. The van der Waals surface area contributed by atoms with Gasteiger partial charge in [-0.05, 0) is 43.5 Å². The molecular formula is C26H28F2N4O4S. The zero-order valence-electron chi connectivity index (χ0n) is 20.2. The highest BCUT2D eigenvalue weighted by atomic mass is 32.2. The van der Waals surface area contributed by atoms with Gasteiger partial charge in [0.25, 0.3) is 11.5 Å². The number of pyridine rings is 1. The maximum atomic E-state index is 14.0. The molecular weight excluding hydrogens is 502 g/mol. The number of rotatable bonds is 5. The Balaban J connectivity index is 1.49. The molecule has 0 bridgehead atoms. The van der Waals surface area contributed by atoms with Crippen LogP contribution >= 0.6 is 0 Å². The van der Waals surface area contributed by atoms with Crippen LogP contribution in [0.1, 0.15) is 25.7 Å². The number of hydrogen-bond donors (Lipinski definition) is 2. The number of piperidine rings is 1. The third-order valence-electron chi connectivity index (χ3n) is 8.25. The van der Waals surface area contributed by atoms with Crippen molar-refractivity contribution >= 4 is 32.8 Å². The molecule has 1 aliphatic carbocycles. The number of aromatic nitrogens is 2. The Bertz CT molecular complexity index is 1570. The lowest BCUT2D eigenvalue weighted by molar-refractivity contribution is 0.0537. The highest BCUT2D eigenvalue weighted by Crippen LogP contribution is 2.66. The molecule has 2 saturated heterocycles. The fourth-order valence-corrected chi connectivity index (χ4v) is 7.38. The van der Waals surface area contributed by atoms with Crippen molar-refractivity contribution in [3.05, 3.63) is 53.6 Å². The maximum absolute atomic E-state index is 14.0. The minimum atomic E-state index is -3.88. The average Bonchev–Trinajstić information content (AvgIpc) is 3.31. The Morgan fingerprint density at radius 3 is 2.49 bits per heavy atom. The molecule has 2 aromatic heterocycles. The number of halogens is 2. The largest absolute Gasteiger partial charge is 0.392 e. The van der Waals surface area contributed by atoms with Gasteiger partial charge in [0.15, 0.2) is 0 Å². The number of H-pyrrole nitrogens is 1. The summed E-state index contributed by atoms with van der Waals surface area (Å²) in [5.41, 5.74) is 1.07. The number of alkyl halides is 2. The lowest BCUT2D eigenvalue weighted by Crippen LogP contribution is -2.37. The van der Waals surface area contributed by atoms with Gasteiger partial charge in [0, 0.05) is 78.8 Å². The summed E-state index contributed by atoms with van der Waals surface area (Å²) < 4.78 is 57.5. The van der Waals surface area contributed by atoms with Crippen LogP contribution in [0.5, 0.6) is 0 Å². The lowest BCUT2D eigenvalue weighted by atomic mass is 9.91. The van der Waals surface area contributed by atoms with Crippen LogP contribution in [-0.2, 0) is 10.0 Å². The number of β-amino-alcohol motifs (C(OH)–C–C–N with tert-alkyl or cyclic N) is 1. The van der Waals surface area contributed by atoms with Crippen molar-refractivity contribution < 1.29 is 22.3 Å². The van der Waals surface area contributed by atoms with Crippen LogP contribution in [0.2, 0.25) is 0 Å². The minimum Gasteiger partial charge on any atom is -0.392 e. The first-order valence-electron chi connectivity index (χ1n) is 12.4. The first-order chi connectivity index (χ1) is 17.6. The number of aliphatic hydroxyl groups is 1. The predicted molar refractivity (Wildman–Crippen MR) is 137 cm³/mol. The summed E-state index contributed by atoms with van der Waals surface area (Å²) in [5, 5.41) is 10.5. The summed E-state index contributed by atoms with van der Waals surface area (Å²) in [5.74, 6) is -2.61. The fourth-order valence-electron chi connectivity index (χ4n) is 5.86. The average molecular weight is 531 g/mol. The minimum absolute atomic E-state index is 0.0330. The predicted octanol–water partition coefficient (Wildman–Crippen LogP) is 3.48. The smallest absolute Gasteiger partial charge is 0.278 e. The fraction of sp³-hybridized carbons (Fsp3) is 0.423. The normalized spacial score (nSPS) is 23.1. The number of anilines is 1. The molecule has 6 rings (SSSR count). The van der Waals surface area contributed by atoms with Gasteiger partial charge in [-0.2, -0.15) is 4.31 Å². The zero-order chi connectivity index (χ0) is 26.2. The summed E-state index contributed by atoms with van der Waals surface area (Å²) in [6.07, 6.45) is 4.97. The van der Waals surface area contributed by atoms with Crippen molar-refractivity contribution in [2.45, 2.75) is 42.6 Å². The van der Waals surface area contributed by atoms with Gasteiger partial charge in [-0.25, -0.2) is 17.2 Å². The number of nitrogens with zero attached hydrogens (tertiary/aromatic N) is 3. The number of aromatic amines is 1. The van der Waals surface area contributed by atoms with E-state index in [1.165, 1.54) is 21.1 Å². The second-order valence-corrected chi connectivity index (χ2v) is 12.3. The van der Waals surface area contributed by atoms with Crippen LogP contribution in [0.25, 0.3) is 28.2 Å². The van der Waals surface area contributed by atoms with Crippen LogP contribution in [-0.4, -0.2) is 65.6 Å². The van der Waals surface area contributed by atoms with E-state index in [-0.39, 0.29) is 30.0 Å². The Morgan fingerprint density at radius 2 is 1.86 bits per heavy atom. The Hall–Kier alpha value is -3.02. The third-order valence-corrected chi connectivity index (χ3v) is 10.1. The standard InChI is InChI=1S/C26H28F2N4O4S/c1-2-30-15-21(19-5-9-29-23(19)24(30)34)20-13-18(37(35,36)32-10-6-17(33)14-32)3-4-22(20)31-11-7-25(8-12-31)16-26(25,27)28/h2-5,9,13,15,17,29,33H,1,6-8,10-12,14,16H2/t17-/m0/s1. The molecule has 0 radical (unpaired) electrons. The van der Waals surface area contributed by atoms with Crippen molar-refractivity contribution in [3.63, 3.8) is 0 Å². The van der Waals surface area contributed by atoms with Crippen molar-refractivity contribution in [2.24, 2.45) is 5.41 Å². The molecule has 196 valence electrons. The molecule has 1 saturated carbocycles. The topological polar surface area (TPSA) is 98.6 Å². The molecule has 8 nitrogen and oxygen atoms in total. The third kappa shape index (κ3) is 3.74. The molecule has 37 heavy (non-hydrogen) atoms. The Kier molecular flexibility index (Phi) is 5.42. The van der Waals surface area contributed by atoms with E-state index in [2.05, 4.69) is 11.6 Å². The van der Waals surface area contributed by atoms with Crippen LogP contribution in [0.3, 0.4) is 0 Å². The molecule has 2 aliphatic heterocycles. The molecule has 1 atom stereocenters. The van der Waals surface area contributed by atoms with Crippen molar-refractivity contribution in [2.75, 3.05) is 31.1 Å². The second-order valence-electron chi connectivity index (χ2n) is 10.3. The SMILES string of the molecule is C=Cn1cc(-c2cc(S(=O)(=O)N3CC[C@H](O)C3)ccc2N2CCC3(CC2)CC3(F)F)c2cc[nH]c2c1=O. The first-order valence-corrected chi connectivity index (χ1v) is 13.8. The quantitative estimate of drug-likeness (QED) is 0.527. The zero-order valence-corrected chi connectivity index (χ0v) is 21.0. The van der Waals surface area contributed by atoms with Crippen LogP contribution in [0.4, 0.5) is 14.5 Å². The number of benzene rings is 1. The van der Waals surface area contributed by atoms with Crippen molar-refractivity contribution in [3.8, 4) is 11.1 Å². The van der Waals surface area contributed by atoms with Crippen molar-refractivity contribution in [1.29, 1.82) is 0 Å². The van der Waals surface area contributed by atoms with Gasteiger partial charge in [-0.15, -0.1) is 0 Å². The van der Waals surface area contributed by atoms with Crippen LogP contribution in [0.15, 0.2) is 52.9 Å². The van der Waals surface area contributed by atoms with E-state index < -0.39 is 27.5 Å². The monoisotopic (exact) mass is 530 g/mol. The first kappa shape index (κ1) is 24.3. The molecule has 11 heteroatoms. The van der Waals surface area contributed by atoms with E-state index in [9.17, 15) is 27.1 Å². The molecule has 0 amide bonds. The van der Waals surface area contributed by atoms with Gasteiger partial charge in [0.1, 0.15) is 5.52 Å². The molecule has 4 heterocycles. The van der Waals surface area contributed by atoms with Crippen LogP contribution < -0.4 is 10.5 Å². The summed E-state index contributed by atoms with van der Waals surface area (Å²) in [4.78, 5) is 17.9. The second kappa shape index (κ2) is 8.24. The van der Waals surface area contributed by atoms with Crippen molar-refractivity contribution in [1.82, 2.24) is 13.9 Å². The Labute approximate surface area is 212 Å². The van der Waals surface area contributed by atoms with E-state index in [1.54, 1.807) is 30.6 Å².